The first-order chi connectivity index (χ1) is 12.1. The molecule has 0 bridgehead atoms. The Hall–Kier alpha value is -2.71. The van der Waals surface area contributed by atoms with Crippen molar-refractivity contribution in [3.8, 4) is 0 Å². The highest BCUT2D eigenvalue weighted by Crippen LogP contribution is 2.31. The smallest absolute Gasteiger partial charge is 0.195 e. The average Bonchev–Trinajstić information content (AvgIpc) is 2.60. The SMILES string of the molecule is Cc1ccc2cc3cc4sc5ccc(C)cc5c(=O)c4cc3cc2c1. The van der Waals surface area contributed by atoms with Gasteiger partial charge in [-0.05, 0) is 71.8 Å². The molecular weight excluding hydrogens is 324 g/mol. The molecule has 25 heavy (non-hydrogen) atoms. The van der Waals surface area contributed by atoms with Gasteiger partial charge in [-0.1, -0.05) is 35.4 Å². The fourth-order valence-electron chi connectivity index (χ4n) is 3.58. The van der Waals surface area contributed by atoms with Gasteiger partial charge < -0.3 is 0 Å². The van der Waals surface area contributed by atoms with Gasteiger partial charge in [0.05, 0.1) is 0 Å². The van der Waals surface area contributed by atoms with E-state index in [2.05, 4.69) is 61.5 Å². The average molecular weight is 340 g/mol. The predicted molar refractivity (Wildman–Crippen MR) is 110 cm³/mol. The van der Waals surface area contributed by atoms with Gasteiger partial charge in [0, 0.05) is 20.2 Å². The molecule has 0 saturated heterocycles. The zero-order valence-corrected chi connectivity index (χ0v) is 14.9. The van der Waals surface area contributed by atoms with Crippen LogP contribution in [-0.4, -0.2) is 0 Å². The van der Waals surface area contributed by atoms with Gasteiger partial charge in [0.2, 0.25) is 0 Å². The van der Waals surface area contributed by atoms with Crippen LogP contribution in [0.25, 0.3) is 41.7 Å². The summed E-state index contributed by atoms with van der Waals surface area (Å²) in [5.74, 6) is 0. The molecule has 120 valence electrons. The summed E-state index contributed by atoms with van der Waals surface area (Å²) < 4.78 is 2.11. The summed E-state index contributed by atoms with van der Waals surface area (Å²) in [6.45, 7) is 4.14. The van der Waals surface area contributed by atoms with Gasteiger partial charge in [0.1, 0.15) is 0 Å². The van der Waals surface area contributed by atoms with Crippen molar-refractivity contribution in [2.24, 2.45) is 0 Å². The Bertz CT molecular complexity index is 1380. The first kappa shape index (κ1) is 14.6. The molecule has 1 aromatic heterocycles. The van der Waals surface area contributed by atoms with Crippen molar-refractivity contribution in [1.82, 2.24) is 0 Å². The summed E-state index contributed by atoms with van der Waals surface area (Å²) in [4.78, 5) is 13.0. The monoisotopic (exact) mass is 340 g/mol. The van der Waals surface area contributed by atoms with Crippen LogP contribution in [0.2, 0.25) is 0 Å². The molecule has 0 saturated carbocycles. The largest absolute Gasteiger partial charge is 0.289 e. The molecule has 5 rings (SSSR count). The first-order valence-corrected chi connectivity index (χ1v) is 9.21. The van der Waals surface area contributed by atoms with E-state index in [0.717, 1.165) is 31.1 Å². The van der Waals surface area contributed by atoms with E-state index >= 15 is 0 Å². The Morgan fingerprint density at radius 3 is 2.12 bits per heavy atom. The lowest BCUT2D eigenvalue weighted by Crippen LogP contribution is -2.01. The summed E-state index contributed by atoms with van der Waals surface area (Å²) in [7, 11) is 0. The summed E-state index contributed by atoms with van der Waals surface area (Å²) >= 11 is 1.70. The number of benzene rings is 4. The number of hydrogen-bond acceptors (Lipinski definition) is 2. The minimum atomic E-state index is 0.138. The van der Waals surface area contributed by atoms with Gasteiger partial charge in [-0.15, -0.1) is 11.3 Å². The number of aryl methyl sites for hydroxylation is 2. The van der Waals surface area contributed by atoms with Crippen molar-refractivity contribution in [3.63, 3.8) is 0 Å². The lowest BCUT2D eigenvalue weighted by molar-refractivity contribution is 1.51. The Morgan fingerprint density at radius 1 is 0.600 bits per heavy atom. The third kappa shape index (κ3) is 2.25. The molecule has 0 N–H and O–H groups in total. The normalized spacial score (nSPS) is 11.8. The lowest BCUT2D eigenvalue weighted by atomic mass is 10.0. The second kappa shape index (κ2) is 5.14. The van der Waals surface area contributed by atoms with Crippen molar-refractivity contribution in [2.75, 3.05) is 0 Å². The third-order valence-electron chi connectivity index (χ3n) is 4.89. The molecule has 1 nitrogen and oxygen atoms in total. The topological polar surface area (TPSA) is 17.1 Å². The van der Waals surface area contributed by atoms with E-state index in [4.69, 9.17) is 0 Å². The van der Waals surface area contributed by atoms with Crippen molar-refractivity contribution in [3.05, 3.63) is 82.0 Å². The van der Waals surface area contributed by atoms with Gasteiger partial charge in [-0.3, -0.25) is 4.79 Å². The first-order valence-electron chi connectivity index (χ1n) is 8.40. The summed E-state index contributed by atoms with van der Waals surface area (Å²) in [5.41, 5.74) is 2.51. The number of fused-ring (bicyclic) bond motifs is 4. The van der Waals surface area contributed by atoms with Crippen molar-refractivity contribution in [2.45, 2.75) is 13.8 Å². The van der Waals surface area contributed by atoms with Gasteiger partial charge >= 0.3 is 0 Å². The Kier molecular flexibility index (Phi) is 3.01. The van der Waals surface area contributed by atoms with Crippen molar-refractivity contribution < 1.29 is 0 Å². The highest BCUT2D eigenvalue weighted by atomic mass is 32.1. The Balaban J connectivity index is 1.94. The maximum absolute atomic E-state index is 13.0. The van der Waals surface area contributed by atoms with Gasteiger partial charge in [0.15, 0.2) is 5.43 Å². The second-order valence-electron chi connectivity index (χ2n) is 6.83. The minimum absolute atomic E-state index is 0.138. The van der Waals surface area contributed by atoms with Crippen LogP contribution in [0.15, 0.2) is 65.5 Å². The highest BCUT2D eigenvalue weighted by Gasteiger charge is 2.08. The molecule has 0 fully saturated rings. The highest BCUT2D eigenvalue weighted by molar-refractivity contribution is 7.24. The Labute approximate surface area is 149 Å². The molecule has 5 aromatic rings. The van der Waals surface area contributed by atoms with Crippen LogP contribution in [-0.2, 0) is 0 Å². The van der Waals surface area contributed by atoms with Gasteiger partial charge in [0.25, 0.3) is 0 Å². The molecule has 0 unspecified atom stereocenters. The molecule has 2 heteroatoms. The molecule has 0 aliphatic carbocycles. The van der Waals surface area contributed by atoms with Crippen molar-refractivity contribution in [1.29, 1.82) is 0 Å². The summed E-state index contributed by atoms with van der Waals surface area (Å²) in [6, 6.07) is 21.3. The van der Waals surface area contributed by atoms with Crippen LogP contribution in [0.4, 0.5) is 0 Å². The van der Waals surface area contributed by atoms with Crippen LogP contribution in [0.3, 0.4) is 0 Å². The van der Waals surface area contributed by atoms with E-state index in [1.54, 1.807) is 11.3 Å². The Morgan fingerprint density at radius 2 is 1.24 bits per heavy atom. The van der Waals surface area contributed by atoms with Gasteiger partial charge in [-0.2, -0.15) is 0 Å². The fourth-order valence-corrected chi connectivity index (χ4v) is 4.67. The van der Waals surface area contributed by atoms with E-state index in [0.29, 0.717) is 0 Å². The van der Waals surface area contributed by atoms with Crippen LogP contribution >= 0.6 is 11.3 Å². The molecule has 0 aliphatic heterocycles. The number of rotatable bonds is 0. The maximum Gasteiger partial charge on any atom is 0.195 e. The van der Waals surface area contributed by atoms with Crippen LogP contribution in [0.5, 0.6) is 0 Å². The van der Waals surface area contributed by atoms with E-state index in [1.165, 1.54) is 21.7 Å². The molecule has 4 aromatic carbocycles. The summed E-state index contributed by atoms with van der Waals surface area (Å²) in [5, 5.41) is 6.42. The molecule has 0 radical (unpaired) electrons. The molecule has 0 aliphatic rings. The second-order valence-corrected chi connectivity index (χ2v) is 7.91. The number of hydrogen-bond donors (Lipinski definition) is 0. The van der Waals surface area contributed by atoms with Crippen molar-refractivity contribution >= 4 is 53.1 Å². The molecule has 0 spiro atoms. The molecule has 0 atom stereocenters. The maximum atomic E-state index is 13.0. The zero-order chi connectivity index (χ0) is 17.1. The van der Waals surface area contributed by atoms with E-state index in [1.807, 2.05) is 13.0 Å². The fraction of sp³-hybridized carbons (Fsp3) is 0.0870. The molecule has 0 amide bonds. The zero-order valence-electron chi connectivity index (χ0n) is 14.1. The summed E-state index contributed by atoms with van der Waals surface area (Å²) in [6.07, 6.45) is 0. The van der Waals surface area contributed by atoms with E-state index < -0.39 is 0 Å². The standard InChI is InChI=1S/C23H16OS/c1-13-3-5-15-9-18-12-22-20(11-17(18)10-16(15)7-13)23(24)19-8-14(2)4-6-21(19)25-22/h3-12H,1-2H3. The lowest BCUT2D eigenvalue weighted by Gasteiger charge is -2.07. The van der Waals surface area contributed by atoms with Crippen LogP contribution < -0.4 is 5.43 Å². The van der Waals surface area contributed by atoms with Crippen LogP contribution in [0, 0.1) is 13.8 Å². The molecular formula is C23H16OS. The quantitative estimate of drug-likeness (QED) is 0.301. The van der Waals surface area contributed by atoms with Crippen LogP contribution in [0.1, 0.15) is 11.1 Å². The van der Waals surface area contributed by atoms with E-state index in [-0.39, 0.29) is 5.43 Å². The van der Waals surface area contributed by atoms with E-state index in [9.17, 15) is 4.79 Å². The molecule has 1 heterocycles. The van der Waals surface area contributed by atoms with Gasteiger partial charge in [-0.25, -0.2) is 0 Å². The predicted octanol–water partition coefficient (Wildman–Crippen LogP) is 6.34. The third-order valence-corrected chi connectivity index (χ3v) is 6.03. The minimum Gasteiger partial charge on any atom is -0.289 e.